The first-order valence-corrected chi connectivity index (χ1v) is 25.6. The Hall–Kier alpha value is -2.44. The maximum Gasteiger partial charge on any atom is 0.306 e. The van der Waals surface area contributed by atoms with Crippen LogP contribution in [0.2, 0.25) is 0 Å². The lowest BCUT2D eigenvalue weighted by atomic mass is 10.0. The summed E-state index contributed by atoms with van der Waals surface area (Å²) in [6.45, 7) is 6.33. The molecule has 3 unspecified atom stereocenters. The Labute approximate surface area is 371 Å². The number of rotatable bonds is 45. The molecule has 1 amide bonds. The molecule has 0 fully saturated rings. The zero-order valence-electron chi connectivity index (χ0n) is 39.6. The average molecular weight is 840 g/mol. The summed E-state index contributed by atoms with van der Waals surface area (Å²) < 4.78 is 5.92. The van der Waals surface area contributed by atoms with Gasteiger partial charge in [0.2, 0.25) is 5.91 Å². The second-order valence-corrected chi connectivity index (χ2v) is 17.3. The number of amides is 1. The van der Waals surface area contributed by atoms with Crippen LogP contribution in [0.25, 0.3) is 0 Å². The molecule has 0 bridgehead atoms. The molecule has 3 atom stereocenters. The fraction of sp³-hybridized carbons (Fsp3) is 0.778. The van der Waals surface area contributed by atoms with E-state index < -0.39 is 18.2 Å². The highest BCUT2D eigenvalue weighted by Crippen LogP contribution is 2.17. The lowest BCUT2D eigenvalue weighted by molar-refractivity contribution is -0.151. The van der Waals surface area contributed by atoms with Gasteiger partial charge in [-0.05, 0) is 70.6 Å². The van der Waals surface area contributed by atoms with Gasteiger partial charge in [0.1, 0.15) is 6.10 Å². The fourth-order valence-corrected chi connectivity index (χ4v) is 7.55. The van der Waals surface area contributed by atoms with Crippen molar-refractivity contribution in [2.24, 2.45) is 0 Å². The largest absolute Gasteiger partial charge is 0.462 e. The third-order valence-corrected chi connectivity index (χ3v) is 11.4. The first-order valence-electron chi connectivity index (χ1n) is 25.6. The van der Waals surface area contributed by atoms with Crippen molar-refractivity contribution in [2.45, 2.75) is 264 Å². The van der Waals surface area contributed by atoms with Gasteiger partial charge in [-0.3, -0.25) is 9.59 Å². The Kier molecular flexibility index (Phi) is 45.7. The molecule has 0 aromatic heterocycles. The molecular formula is C54H97NO5. The van der Waals surface area contributed by atoms with Crippen molar-refractivity contribution in [3.05, 3.63) is 60.8 Å². The number of nitrogens with one attached hydrogen (secondary N) is 1. The van der Waals surface area contributed by atoms with E-state index in [4.69, 9.17) is 4.74 Å². The van der Waals surface area contributed by atoms with Crippen molar-refractivity contribution in [3.8, 4) is 0 Å². The molecular weight excluding hydrogens is 743 g/mol. The van der Waals surface area contributed by atoms with Gasteiger partial charge >= 0.3 is 5.97 Å². The van der Waals surface area contributed by atoms with E-state index in [1.807, 2.05) is 18.2 Å². The molecule has 3 N–H and O–H groups in total. The van der Waals surface area contributed by atoms with Crippen LogP contribution in [0.5, 0.6) is 0 Å². The van der Waals surface area contributed by atoms with Crippen molar-refractivity contribution in [2.75, 3.05) is 6.61 Å². The van der Waals surface area contributed by atoms with E-state index >= 15 is 0 Å². The van der Waals surface area contributed by atoms with E-state index in [1.54, 1.807) is 0 Å². The molecule has 0 aromatic carbocycles. The highest BCUT2D eigenvalue weighted by atomic mass is 16.5. The molecule has 0 saturated carbocycles. The number of aliphatic hydroxyl groups excluding tert-OH is 2. The molecule has 0 aromatic rings. The van der Waals surface area contributed by atoms with Crippen LogP contribution < -0.4 is 5.32 Å². The van der Waals surface area contributed by atoms with Gasteiger partial charge in [0.05, 0.1) is 25.2 Å². The molecule has 0 heterocycles. The van der Waals surface area contributed by atoms with Gasteiger partial charge in [-0.25, -0.2) is 0 Å². The van der Waals surface area contributed by atoms with E-state index in [0.29, 0.717) is 19.3 Å². The van der Waals surface area contributed by atoms with Gasteiger partial charge in [-0.2, -0.15) is 0 Å². The summed E-state index contributed by atoms with van der Waals surface area (Å²) in [5.74, 6) is -0.507. The minimum absolute atomic E-state index is 0.0612. The summed E-state index contributed by atoms with van der Waals surface area (Å²) in [5, 5.41) is 23.7. The predicted molar refractivity (Wildman–Crippen MR) is 259 cm³/mol. The van der Waals surface area contributed by atoms with E-state index in [0.717, 1.165) is 89.9 Å². The lowest BCUT2D eigenvalue weighted by Crippen LogP contribution is -2.46. The summed E-state index contributed by atoms with van der Waals surface area (Å²) in [5.41, 5.74) is 0. The van der Waals surface area contributed by atoms with Crippen LogP contribution in [-0.2, 0) is 14.3 Å². The molecule has 0 saturated heterocycles. The maximum atomic E-state index is 13.2. The van der Waals surface area contributed by atoms with E-state index in [1.165, 1.54) is 109 Å². The van der Waals surface area contributed by atoms with Crippen LogP contribution in [0.15, 0.2) is 60.8 Å². The number of unbranched alkanes of at least 4 members (excludes halogenated alkanes) is 26. The minimum Gasteiger partial charge on any atom is -0.462 e. The van der Waals surface area contributed by atoms with Crippen LogP contribution in [0, 0.1) is 0 Å². The first kappa shape index (κ1) is 57.6. The Balaban J connectivity index is 4.65. The second kappa shape index (κ2) is 47.6. The standard InChI is InChI=1S/C54H97NO5/c1-4-7-10-13-16-19-22-24-26-28-31-33-36-39-42-45-50(60-54(59)47-44-41-38-35-32-29-27-25-23-20-17-14-11-8-5-2)48-53(58)55-51(49-56)52(57)46-43-40-37-34-30-21-18-15-12-9-6-3/h8,11,14,17,20,23-27,50-52,56-57H,4-7,9-10,12-13,15-16,18-19,21-22,28-49H2,1-3H3,(H,55,58)/b11-8+,17-14+,23-20+,26-24+,27-25-. The number of carbonyl (C=O) groups is 2. The number of allylic oxidation sites excluding steroid dienone is 10. The quantitative estimate of drug-likeness (QED) is 0.0246. The topological polar surface area (TPSA) is 95.9 Å². The smallest absolute Gasteiger partial charge is 0.306 e. The Morgan fingerprint density at radius 1 is 0.500 bits per heavy atom. The molecule has 0 aliphatic carbocycles. The summed E-state index contributed by atoms with van der Waals surface area (Å²) >= 11 is 0. The predicted octanol–water partition coefficient (Wildman–Crippen LogP) is 15.2. The highest BCUT2D eigenvalue weighted by Gasteiger charge is 2.24. The van der Waals surface area contributed by atoms with Gasteiger partial charge in [0.15, 0.2) is 0 Å². The van der Waals surface area contributed by atoms with Crippen LogP contribution in [-0.4, -0.2) is 46.9 Å². The number of aliphatic hydroxyl groups is 2. The first-order chi connectivity index (χ1) is 29.5. The van der Waals surface area contributed by atoms with Crippen LogP contribution >= 0.6 is 0 Å². The molecule has 6 heteroatoms. The summed E-state index contributed by atoms with van der Waals surface area (Å²) in [6, 6.07) is -0.709. The average Bonchev–Trinajstić information content (AvgIpc) is 3.24. The summed E-state index contributed by atoms with van der Waals surface area (Å²) in [6.07, 6.45) is 58.4. The summed E-state index contributed by atoms with van der Waals surface area (Å²) in [4.78, 5) is 26.1. The number of esters is 1. The van der Waals surface area contributed by atoms with E-state index in [-0.39, 0.29) is 24.9 Å². The Morgan fingerprint density at radius 3 is 1.42 bits per heavy atom. The highest BCUT2D eigenvalue weighted by molar-refractivity contribution is 5.77. The Morgan fingerprint density at radius 2 is 0.917 bits per heavy atom. The van der Waals surface area contributed by atoms with E-state index in [2.05, 4.69) is 68.6 Å². The zero-order valence-corrected chi connectivity index (χ0v) is 39.6. The van der Waals surface area contributed by atoms with Gasteiger partial charge < -0.3 is 20.3 Å². The van der Waals surface area contributed by atoms with Crippen molar-refractivity contribution in [3.63, 3.8) is 0 Å². The monoisotopic (exact) mass is 840 g/mol. The number of ether oxygens (including phenoxy) is 1. The third kappa shape index (κ3) is 42.3. The van der Waals surface area contributed by atoms with Crippen molar-refractivity contribution in [1.82, 2.24) is 5.32 Å². The van der Waals surface area contributed by atoms with E-state index in [9.17, 15) is 19.8 Å². The number of hydrogen-bond acceptors (Lipinski definition) is 5. The minimum atomic E-state index is -0.794. The van der Waals surface area contributed by atoms with Gasteiger partial charge in [0.25, 0.3) is 0 Å². The zero-order chi connectivity index (χ0) is 43.8. The van der Waals surface area contributed by atoms with Crippen molar-refractivity contribution < 1.29 is 24.5 Å². The van der Waals surface area contributed by atoms with Crippen molar-refractivity contribution in [1.29, 1.82) is 0 Å². The lowest BCUT2D eigenvalue weighted by Gasteiger charge is -2.24. The normalized spacial score (nSPS) is 13.8. The SMILES string of the molecule is CC/C=C/C=C/C=C/C=C\CCCCCCCC(=O)OC(CCCCCCC/C=C/CCCCCCCC)CC(=O)NC(CO)C(O)CCCCCCCCCCCCC. The van der Waals surface area contributed by atoms with Gasteiger partial charge in [-0.1, -0.05) is 223 Å². The number of carbonyl (C=O) groups excluding carboxylic acids is 2. The van der Waals surface area contributed by atoms with Crippen LogP contribution in [0.4, 0.5) is 0 Å². The Bertz CT molecular complexity index is 1080. The number of hydrogen-bond donors (Lipinski definition) is 3. The molecule has 6 nitrogen and oxygen atoms in total. The van der Waals surface area contributed by atoms with Crippen LogP contribution in [0.1, 0.15) is 245 Å². The second-order valence-electron chi connectivity index (χ2n) is 17.3. The molecule has 348 valence electrons. The van der Waals surface area contributed by atoms with Gasteiger partial charge in [0, 0.05) is 6.42 Å². The third-order valence-electron chi connectivity index (χ3n) is 11.4. The maximum absolute atomic E-state index is 13.2. The van der Waals surface area contributed by atoms with Crippen LogP contribution in [0.3, 0.4) is 0 Å². The molecule has 0 aliphatic heterocycles. The molecule has 0 spiro atoms. The van der Waals surface area contributed by atoms with Gasteiger partial charge in [-0.15, -0.1) is 0 Å². The molecule has 0 aliphatic rings. The molecule has 0 radical (unpaired) electrons. The molecule has 0 rings (SSSR count). The fourth-order valence-electron chi connectivity index (χ4n) is 7.55. The summed E-state index contributed by atoms with van der Waals surface area (Å²) in [7, 11) is 0. The van der Waals surface area contributed by atoms with Crippen molar-refractivity contribution >= 4 is 11.9 Å². The molecule has 60 heavy (non-hydrogen) atoms.